The Labute approximate surface area is 88.8 Å². The number of thiophene rings is 1. The fraction of sp³-hybridized carbons (Fsp3) is 0.333. The fourth-order valence-corrected chi connectivity index (χ4v) is 2.35. The molecular weight excluding hydrogens is 190 g/mol. The van der Waals surface area contributed by atoms with Crippen LogP contribution in [-0.4, -0.2) is 13.1 Å². The highest BCUT2D eigenvalue weighted by Crippen LogP contribution is 2.21. The first-order chi connectivity index (χ1) is 6.90. The van der Waals surface area contributed by atoms with Gasteiger partial charge in [-0.25, -0.2) is 0 Å². The summed E-state index contributed by atoms with van der Waals surface area (Å²) in [5, 5.41) is 6.87. The van der Waals surface area contributed by atoms with Crippen molar-refractivity contribution in [2.24, 2.45) is 0 Å². The van der Waals surface area contributed by atoms with Gasteiger partial charge in [0.25, 0.3) is 0 Å². The molecule has 0 aliphatic carbocycles. The summed E-state index contributed by atoms with van der Waals surface area (Å²) in [7, 11) is 0. The average Bonchev–Trinajstić information content (AvgIpc) is 2.65. The van der Waals surface area contributed by atoms with Crippen molar-refractivity contribution in [2.45, 2.75) is 13.3 Å². The number of fused-ring (bicyclic) bond motifs is 1. The molecule has 74 valence electrons. The zero-order chi connectivity index (χ0) is 9.80. The van der Waals surface area contributed by atoms with Gasteiger partial charge < -0.3 is 5.32 Å². The second-order valence-corrected chi connectivity index (χ2v) is 4.34. The van der Waals surface area contributed by atoms with E-state index in [2.05, 4.69) is 41.9 Å². The molecule has 0 saturated heterocycles. The Hall–Kier alpha value is -0.860. The molecule has 0 saturated carbocycles. The minimum atomic E-state index is 1.06. The van der Waals surface area contributed by atoms with E-state index in [1.54, 1.807) is 0 Å². The zero-order valence-corrected chi connectivity index (χ0v) is 9.23. The molecule has 0 aliphatic heterocycles. The number of rotatable bonds is 4. The molecule has 0 bridgehead atoms. The van der Waals surface area contributed by atoms with Gasteiger partial charge in [0.05, 0.1) is 0 Å². The van der Waals surface area contributed by atoms with Gasteiger partial charge in [-0.2, -0.15) is 0 Å². The second-order valence-electron chi connectivity index (χ2n) is 3.40. The van der Waals surface area contributed by atoms with Crippen LogP contribution in [0.15, 0.2) is 29.6 Å². The van der Waals surface area contributed by atoms with Crippen molar-refractivity contribution in [3.05, 3.63) is 35.2 Å². The monoisotopic (exact) mass is 205 g/mol. The number of benzene rings is 1. The van der Waals surface area contributed by atoms with Crippen LogP contribution in [0.5, 0.6) is 0 Å². The Kier molecular flexibility index (Phi) is 3.17. The predicted octanol–water partition coefficient (Wildman–Crippen LogP) is 3.05. The summed E-state index contributed by atoms with van der Waals surface area (Å²) in [5.74, 6) is 0. The predicted molar refractivity (Wildman–Crippen MR) is 64.1 cm³/mol. The Morgan fingerprint density at radius 2 is 2.21 bits per heavy atom. The van der Waals surface area contributed by atoms with Gasteiger partial charge in [0.1, 0.15) is 0 Å². The van der Waals surface area contributed by atoms with E-state index >= 15 is 0 Å². The summed E-state index contributed by atoms with van der Waals surface area (Å²) in [6.45, 7) is 4.27. The van der Waals surface area contributed by atoms with Crippen LogP contribution in [0.1, 0.15) is 12.5 Å². The molecule has 0 spiro atoms. The molecule has 0 aliphatic rings. The Morgan fingerprint density at radius 3 is 3.07 bits per heavy atom. The number of likely N-dealkylation sites (N-methyl/N-ethyl adjacent to an activating group) is 1. The maximum absolute atomic E-state index is 3.34. The summed E-state index contributed by atoms with van der Waals surface area (Å²) in [6, 6.07) is 8.94. The van der Waals surface area contributed by atoms with E-state index < -0.39 is 0 Å². The van der Waals surface area contributed by atoms with Crippen LogP contribution in [0, 0.1) is 0 Å². The first kappa shape index (κ1) is 9.69. The molecule has 0 radical (unpaired) electrons. The van der Waals surface area contributed by atoms with Crippen LogP contribution < -0.4 is 5.32 Å². The highest BCUT2D eigenvalue weighted by molar-refractivity contribution is 7.17. The minimum Gasteiger partial charge on any atom is -0.317 e. The van der Waals surface area contributed by atoms with Crippen molar-refractivity contribution in [1.29, 1.82) is 0 Å². The van der Waals surface area contributed by atoms with Gasteiger partial charge in [0.15, 0.2) is 0 Å². The van der Waals surface area contributed by atoms with E-state index in [1.165, 1.54) is 15.6 Å². The first-order valence-corrected chi connectivity index (χ1v) is 5.95. The third-order valence-electron chi connectivity index (χ3n) is 2.36. The normalized spacial score (nSPS) is 10.9. The lowest BCUT2D eigenvalue weighted by molar-refractivity contribution is 0.717. The first-order valence-electron chi connectivity index (χ1n) is 5.07. The average molecular weight is 205 g/mol. The van der Waals surface area contributed by atoms with Gasteiger partial charge >= 0.3 is 0 Å². The van der Waals surface area contributed by atoms with Gasteiger partial charge in [-0.1, -0.05) is 19.1 Å². The fourth-order valence-electron chi connectivity index (χ4n) is 1.58. The molecule has 0 atom stereocenters. The standard InChI is InChI=1S/C12H15NS/c1-2-13-7-5-10-3-4-12-11(9-10)6-8-14-12/h3-4,6,8-9,13H,2,5,7H2,1H3. The topological polar surface area (TPSA) is 12.0 Å². The summed E-state index contributed by atoms with van der Waals surface area (Å²) >= 11 is 1.81. The molecule has 2 heteroatoms. The number of hydrogen-bond acceptors (Lipinski definition) is 2. The molecule has 0 unspecified atom stereocenters. The molecule has 1 nitrogen and oxygen atoms in total. The quantitative estimate of drug-likeness (QED) is 0.756. The van der Waals surface area contributed by atoms with E-state index in [0.29, 0.717) is 0 Å². The highest BCUT2D eigenvalue weighted by atomic mass is 32.1. The summed E-state index contributed by atoms with van der Waals surface area (Å²) in [5.41, 5.74) is 1.43. The van der Waals surface area contributed by atoms with Crippen LogP contribution in [0.2, 0.25) is 0 Å². The number of nitrogens with one attached hydrogen (secondary N) is 1. The zero-order valence-electron chi connectivity index (χ0n) is 8.42. The smallest absolute Gasteiger partial charge is 0.0342 e. The maximum Gasteiger partial charge on any atom is 0.0342 e. The van der Waals surface area contributed by atoms with Crippen molar-refractivity contribution in [2.75, 3.05) is 13.1 Å². The van der Waals surface area contributed by atoms with Gasteiger partial charge in [-0.3, -0.25) is 0 Å². The molecule has 1 aromatic heterocycles. The Bertz CT molecular complexity index is 405. The van der Waals surface area contributed by atoms with E-state index in [-0.39, 0.29) is 0 Å². The van der Waals surface area contributed by atoms with Gasteiger partial charge in [0.2, 0.25) is 0 Å². The van der Waals surface area contributed by atoms with Crippen molar-refractivity contribution >= 4 is 21.4 Å². The van der Waals surface area contributed by atoms with Crippen LogP contribution in [0.4, 0.5) is 0 Å². The van der Waals surface area contributed by atoms with Crippen LogP contribution in [-0.2, 0) is 6.42 Å². The lowest BCUT2D eigenvalue weighted by Gasteiger charge is -2.02. The molecule has 2 aromatic rings. The highest BCUT2D eigenvalue weighted by Gasteiger charge is 1.96. The van der Waals surface area contributed by atoms with E-state index in [4.69, 9.17) is 0 Å². The van der Waals surface area contributed by atoms with Gasteiger partial charge in [-0.05, 0) is 48.0 Å². The van der Waals surface area contributed by atoms with Crippen molar-refractivity contribution in [1.82, 2.24) is 5.32 Å². The molecular formula is C12H15NS. The SMILES string of the molecule is CCNCCc1ccc2sccc2c1. The van der Waals surface area contributed by atoms with Crippen molar-refractivity contribution in [3.63, 3.8) is 0 Å². The third-order valence-corrected chi connectivity index (χ3v) is 3.26. The van der Waals surface area contributed by atoms with Crippen molar-refractivity contribution in [3.8, 4) is 0 Å². The summed E-state index contributed by atoms with van der Waals surface area (Å²) in [6.07, 6.45) is 1.12. The van der Waals surface area contributed by atoms with E-state index in [0.717, 1.165) is 19.5 Å². The maximum atomic E-state index is 3.34. The Balaban J connectivity index is 2.10. The number of hydrogen-bond donors (Lipinski definition) is 1. The van der Waals surface area contributed by atoms with Crippen LogP contribution in [0.25, 0.3) is 10.1 Å². The second kappa shape index (κ2) is 4.58. The largest absolute Gasteiger partial charge is 0.317 e. The molecule has 1 aromatic carbocycles. The van der Waals surface area contributed by atoms with Crippen molar-refractivity contribution < 1.29 is 0 Å². The minimum absolute atomic E-state index is 1.06. The molecule has 1 heterocycles. The summed E-state index contributed by atoms with van der Waals surface area (Å²) < 4.78 is 1.39. The van der Waals surface area contributed by atoms with E-state index in [1.807, 2.05) is 11.3 Å². The lowest BCUT2D eigenvalue weighted by atomic mass is 10.1. The van der Waals surface area contributed by atoms with Crippen LogP contribution in [0.3, 0.4) is 0 Å². The molecule has 2 rings (SSSR count). The molecule has 14 heavy (non-hydrogen) atoms. The lowest BCUT2D eigenvalue weighted by Crippen LogP contribution is -2.15. The van der Waals surface area contributed by atoms with Gasteiger partial charge in [0, 0.05) is 4.70 Å². The third kappa shape index (κ3) is 2.14. The molecule has 0 fully saturated rings. The molecule has 1 N–H and O–H groups in total. The van der Waals surface area contributed by atoms with Gasteiger partial charge in [-0.15, -0.1) is 11.3 Å². The van der Waals surface area contributed by atoms with Crippen LogP contribution >= 0.6 is 11.3 Å². The Morgan fingerprint density at radius 1 is 1.29 bits per heavy atom. The van der Waals surface area contributed by atoms with E-state index in [9.17, 15) is 0 Å². The molecule has 0 amide bonds. The summed E-state index contributed by atoms with van der Waals surface area (Å²) in [4.78, 5) is 0.